The molecule has 0 radical (unpaired) electrons. The summed E-state index contributed by atoms with van der Waals surface area (Å²) in [5.74, 6) is -5.09. The molecule has 0 atom stereocenters. The molecule has 104 valence electrons. The van der Waals surface area contributed by atoms with Crippen molar-refractivity contribution in [1.82, 2.24) is 5.32 Å². The zero-order chi connectivity index (χ0) is 13.8. The third-order valence-electron chi connectivity index (χ3n) is 4.36. The van der Waals surface area contributed by atoms with Crippen LogP contribution < -0.4 is 5.32 Å². The molecule has 2 N–H and O–H groups in total. The first-order valence-corrected chi connectivity index (χ1v) is 5.49. The molecule has 0 bridgehead atoms. The van der Waals surface area contributed by atoms with Crippen LogP contribution in [0.5, 0.6) is 0 Å². The normalized spacial score (nSPS) is 28.7. The Balaban J connectivity index is 0.000000152. The zero-order valence-electron chi connectivity index (χ0n) is 9.28. The molecular weight excluding hydrogens is 261 g/mol. The standard InChI is InChI=1S/C8H11F2N.C2HF3O2/c9-8(10)6(2-1-3-6)7(8)4-11-5-7;3-2(4,5)1(6)7/h11H,1-5H2;(H,6,7). The fourth-order valence-corrected chi connectivity index (χ4v) is 3.00. The molecule has 3 aliphatic rings. The third-order valence-corrected chi connectivity index (χ3v) is 4.36. The maximum absolute atomic E-state index is 13.3. The third kappa shape index (κ3) is 1.41. The lowest BCUT2D eigenvalue weighted by molar-refractivity contribution is -0.192. The molecular formula is C10H12F5NO2. The molecule has 2 saturated carbocycles. The van der Waals surface area contributed by atoms with E-state index in [-0.39, 0.29) is 0 Å². The van der Waals surface area contributed by atoms with Crippen LogP contribution in [0, 0.1) is 10.8 Å². The van der Waals surface area contributed by atoms with Gasteiger partial charge in [0.05, 0.1) is 5.41 Å². The Morgan fingerprint density at radius 3 is 1.61 bits per heavy atom. The number of hydrogen-bond donors (Lipinski definition) is 2. The molecule has 8 heteroatoms. The summed E-state index contributed by atoms with van der Waals surface area (Å²) in [6, 6.07) is 0. The van der Waals surface area contributed by atoms with E-state index in [4.69, 9.17) is 9.90 Å². The highest BCUT2D eigenvalue weighted by Crippen LogP contribution is 2.84. The molecule has 3 rings (SSSR count). The van der Waals surface area contributed by atoms with Gasteiger partial charge in [0.25, 0.3) is 5.92 Å². The Hall–Kier alpha value is -0.920. The smallest absolute Gasteiger partial charge is 0.475 e. The van der Waals surface area contributed by atoms with Crippen molar-refractivity contribution in [1.29, 1.82) is 0 Å². The van der Waals surface area contributed by atoms with E-state index in [1.54, 1.807) is 0 Å². The molecule has 2 spiro atoms. The van der Waals surface area contributed by atoms with Crippen LogP contribution in [0.4, 0.5) is 22.0 Å². The summed E-state index contributed by atoms with van der Waals surface area (Å²) in [5, 5.41) is 10.1. The number of alkyl halides is 5. The van der Waals surface area contributed by atoms with Gasteiger partial charge in [0.2, 0.25) is 0 Å². The number of fused-ring (bicyclic) bond motifs is 1. The maximum atomic E-state index is 13.3. The zero-order valence-corrected chi connectivity index (χ0v) is 9.28. The van der Waals surface area contributed by atoms with Crippen molar-refractivity contribution in [2.75, 3.05) is 13.1 Å². The van der Waals surface area contributed by atoms with Crippen molar-refractivity contribution in [3.63, 3.8) is 0 Å². The van der Waals surface area contributed by atoms with E-state index in [0.29, 0.717) is 13.1 Å². The van der Waals surface area contributed by atoms with E-state index in [9.17, 15) is 22.0 Å². The number of nitrogens with one attached hydrogen (secondary N) is 1. The average Bonchev–Trinajstić information content (AvgIpc) is 2.55. The Kier molecular flexibility index (Phi) is 2.67. The van der Waals surface area contributed by atoms with Crippen LogP contribution in [0.25, 0.3) is 0 Å². The van der Waals surface area contributed by atoms with Crippen molar-refractivity contribution in [3.05, 3.63) is 0 Å². The summed E-state index contributed by atoms with van der Waals surface area (Å²) in [6.45, 7) is 1.11. The molecule has 0 aromatic heterocycles. The van der Waals surface area contributed by atoms with Gasteiger partial charge >= 0.3 is 12.1 Å². The fourth-order valence-electron chi connectivity index (χ4n) is 3.00. The van der Waals surface area contributed by atoms with Crippen LogP contribution in [0.15, 0.2) is 0 Å². The van der Waals surface area contributed by atoms with Gasteiger partial charge in [-0.15, -0.1) is 0 Å². The SMILES string of the molecule is FC1(F)C2(CCC2)C12CNC2.O=C(O)C(F)(F)F. The largest absolute Gasteiger partial charge is 0.490 e. The van der Waals surface area contributed by atoms with Crippen molar-refractivity contribution in [3.8, 4) is 0 Å². The number of rotatable bonds is 0. The molecule has 0 amide bonds. The Morgan fingerprint density at radius 2 is 1.56 bits per heavy atom. The van der Waals surface area contributed by atoms with Gasteiger partial charge in [0.15, 0.2) is 0 Å². The van der Waals surface area contributed by atoms with Crippen molar-refractivity contribution >= 4 is 5.97 Å². The average molecular weight is 273 g/mol. The molecule has 1 saturated heterocycles. The molecule has 18 heavy (non-hydrogen) atoms. The molecule has 1 heterocycles. The van der Waals surface area contributed by atoms with Crippen molar-refractivity contribution in [2.45, 2.75) is 31.4 Å². The summed E-state index contributed by atoms with van der Waals surface area (Å²) in [4.78, 5) is 8.90. The lowest BCUT2D eigenvalue weighted by Gasteiger charge is -2.35. The minimum absolute atomic E-state index is 0.536. The summed E-state index contributed by atoms with van der Waals surface area (Å²) < 4.78 is 58.3. The predicted molar refractivity (Wildman–Crippen MR) is 50.2 cm³/mol. The molecule has 0 aromatic rings. The number of carbonyl (C=O) groups is 1. The minimum atomic E-state index is -5.08. The highest BCUT2D eigenvalue weighted by molar-refractivity contribution is 5.73. The van der Waals surface area contributed by atoms with Crippen LogP contribution >= 0.6 is 0 Å². The van der Waals surface area contributed by atoms with Crippen LogP contribution in [-0.4, -0.2) is 36.3 Å². The van der Waals surface area contributed by atoms with Crippen LogP contribution in [0.2, 0.25) is 0 Å². The molecule has 3 fully saturated rings. The van der Waals surface area contributed by atoms with E-state index in [2.05, 4.69) is 5.32 Å². The van der Waals surface area contributed by atoms with Gasteiger partial charge in [0, 0.05) is 18.5 Å². The molecule has 2 aliphatic carbocycles. The van der Waals surface area contributed by atoms with E-state index in [0.717, 1.165) is 19.3 Å². The molecule has 0 unspecified atom stereocenters. The van der Waals surface area contributed by atoms with Crippen LogP contribution in [0.1, 0.15) is 19.3 Å². The van der Waals surface area contributed by atoms with E-state index in [1.807, 2.05) is 0 Å². The van der Waals surface area contributed by atoms with Crippen LogP contribution in [0.3, 0.4) is 0 Å². The first-order chi connectivity index (χ1) is 8.11. The highest BCUT2D eigenvalue weighted by Gasteiger charge is 2.93. The van der Waals surface area contributed by atoms with Gasteiger partial charge < -0.3 is 10.4 Å². The summed E-state index contributed by atoms with van der Waals surface area (Å²) in [5.41, 5.74) is -1.12. The first-order valence-electron chi connectivity index (χ1n) is 5.49. The lowest BCUT2D eigenvalue weighted by Crippen LogP contribution is -2.50. The maximum Gasteiger partial charge on any atom is 0.490 e. The van der Waals surface area contributed by atoms with Crippen LogP contribution in [-0.2, 0) is 4.79 Å². The number of carboxylic acids is 1. The second kappa shape index (κ2) is 3.55. The van der Waals surface area contributed by atoms with E-state index >= 15 is 0 Å². The minimum Gasteiger partial charge on any atom is -0.475 e. The monoisotopic (exact) mass is 273 g/mol. The summed E-state index contributed by atoms with van der Waals surface area (Å²) in [7, 11) is 0. The second-order valence-corrected chi connectivity index (χ2v) is 5.00. The van der Waals surface area contributed by atoms with E-state index < -0.39 is 28.9 Å². The molecule has 1 aliphatic heterocycles. The van der Waals surface area contributed by atoms with Gasteiger partial charge in [-0.1, -0.05) is 6.42 Å². The number of halogens is 5. The van der Waals surface area contributed by atoms with E-state index in [1.165, 1.54) is 0 Å². The Morgan fingerprint density at radius 1 is 1.11 bits per heavy atom. The summed E-state index contributed by atoms with van der Waals surface area (Å²) >= 11 is 0. The van der Waals surface area contributed by atoms with Gasteiger partial charge in [0.1, 0.15) is 0 Å². The topological polar surface area (TPSA) is 49.3 Å². The van der Waals surface area contributed by atoms with Gasteiger partial charge in [-0.25, -0.2) is 13.6 Å². The highest BCUT2D eigenvalue weighted by atomic mass is 19.4. The number of aliphatic carboxylic acids is 1. The second-order valence-electron chi connectivity index (χ2n) is 5.00. The van der Waals surface area contributed by atoms with Crippen molar-refractivity contribution < 1.29 is 31.9 Å². The van der Waals surface area contributed by atoms with Gasteiger partial charge in [-0.05, 0) is 12.8 Å². The summed E-state index contributed by atoms with van der Waals surface area (Å²) in [6.07, 6.45) is -2.54. The molecule has 3 nitrogen and oxygen atoms in total. The van der Waals surface area contributed by atoms with Gasteiger partial charge in [-0.3, -0.25) is 0 Å². The fraction of sp³-hybridized carbons (Fsp3) is 0.900. The number of hydrogen-bond acceptors (Lipinski definition) is 2. The molecule has 0 aromatic carbocycles. The lowest BCUT2D eigenvalue weighted by atomic mass is 9.73. The quantitative estimate of drug-likeness (QED) is 0.664. The first kappa shape index (κ1) is 13.5. The van der Waals surface area contributed by atoms with Crippen molar-refractivity contribution in [2.24, 2.45) is 10.8 Å². The number of carboxylic acid groups (broad SMARTS) is 1. The Labute approximate surface area is 99.3 Å². The van der Waals surface area contributed by atoms with Gasteiger partial charge in [-0.2, -0.15) is 13.2 Å². The predicted octanol–water partition coefficient (Wildman–Crippen LogP) is 2.03. The Bertz CT molecular complexity index is 349.